The molecule has 0 spiro atoms. The molecule has 0 radical (unpaired) electrons. The Morgan fingerprint density at radius 1 is 1.41 bits per heavy atom. The summed E-state index contributed by atoms with van der Waals surface area (Å²) in [5, 5.41) is 0. The Morgan fingerprint density at radius 3 is 2.94 bits per heavy atom. The van der Waals surface area contributed by atoms with Gasteiger partial charge in [0.05, 0.1) is 6.61 Å². The average Bonchev–Trinajstić information content (AvgIpc) is 2.66. The number of esters is 1. The van der Waals surface area contributed by atoms with Crippen molar-refractivity contribution in [3.8, 4) is 0 Å². The van der Waals surface area contributed by atoms with Gasteiger partial charge in [-0.15, -0.1) is 0 Å². The summed E-state index contributed by atoms with van der Waals surface area (Å²) >= 11 is 0. The summed E-state index contributed by atoms with van der Waals surface area (Å²) < 4.78 is 4.91. The van der Waals surface area contributed by atoms with E-state index in [0.29, 0.717) is 13.0 Å². The highest BCUT2D eigenvalue weighted by molar-refractivity contribution is 5.69. The number of ether oxygens (including phenoxy) is 1. The standard InChI is InChI=1S/C14H19NO2/c1-2-17-14(16)6-4-10-3-5-11-8-13(15)9-12(11)7-10/h3,5,7,13H,2,4,6,8-9,15H2,1H3. The Bertz CT molecular complexity index is 415. The first-order valence-electron chi connectivity index (χ1n) is 6.21. The number of hydrogen-bond acceptors (Lipinski definition) is 3. The fraction of sp³-hybridized carbons (Fsp3) is 0.500. The Hall–Kier alpha value is -1.35. The molecule has 0 amide bonds. The van der Waals surface area contributed by atoms with Crippen molar-refractivity contribution in [2.45, 2.75) is 38.6 Å². The summed E-state index contributed by atoms with van der Waals surface area (Å²) in [5.41, 5.74) is 9.83. The second kappa shape index (κ2) is 5.32. The van der Waals surface area contributed by atoms with Gasteiger partial charge in [-0.3, -0.25) is 4.79 Å². The smallest absolute Gasteiger partial charge is 0.306 e. The van der Waals surface area contributed by atoms with Gasteiger partial charge in [0.1, 0.15) is 0 Å². The van der Waals surface area contributed by atoms with E-state index in [2.05, 4.69) is 18.2 Å². The van der Waals surface area contributed by atoms with Crippen LogP contribution in [-0.4, -0.2) is 18.6 Å². The van der Waals surface area contributed by atoms with Gasteiger partial charge in [0.25, 0.3) is 0 Å². The summed E-state index contributed by atoms with van der Waals surface area (Å²) in [7, 11) is 0. The maximum absolute atomic E-state index is 11.3. The van der Waals surface area contributed by atoms with Crippen LogP contribution in [0.25, 0.3) is 0 Å². The maximum Gasteiger partial charge on any atom is 0.306 e. The minimum absolute atomic E-state index is 0.121. The van der Waals surface area contributed by atoms with Crippen molar-refractivity contribution < 1.29 is 9.53 Å². The Kier molecular flexibility index (Phi) is 3.79. The first-order chi connectivity index (χ1) is 8.19. The SMILES string of the molecule is CCOC(=O)CCc1ccc2c(c1)CC(N)C2. The van der Waals surface area contributed by atoms with Crippen LogP contribution >= 0.6 is 0 Å². The van der Waals surface area contributed by atoms with Crippen LogP contribution in [0.1, 0.15) is 30.0 Å². The predicted molar refractivity (Wildman–Crippen MR) is 66.8 cm³/mol. The van der Waals surface area contributed by atoms with Gasteiger partial charge in [0, 0.05) is 12.5 Å². The molecule has 3 heteroatoms. The molecular formula is C14H19NO2. The normalized spacial score (nSPS) is 17.9. The van der Waals surface area contributed by atoms with Crippen molar-refractivity contribution in [2.75, 3.05) is 6.61 Å². The zero-order valence-corrected chi connectivity index (χ0v) is 10.2. The van der Waals surface area contributed by atoms with E-state index in [-0.39, 0.29) is 12.0 Å². The molecule has 0 fully saturated rings. The summed E-state index contributed by atoms with van der Waals surface area (Å²) in [6.07, 6.45) is 3.15. The molecule has 92 valence electrons. The molecule has 2 rings (SSSR count). The van der Waals surface area contributed by atoms with Gasteiger partial charge < -0.3 is 10.5 Å². The fourth-order valence-electron chi connectivity index (χ4n) is 2.34. The molecule has 1 aromatic carbocycles. The number of fused-ring (bicyclic) bond motifs is 1. The van der Waals surface area contributed by atoms with Crippen LogP contribution in [0.2, 0.25) is 0 Å². The highest BCUT2D eigenvalue weighted by Crippen LogP contribution is 2.22. The van der Waals surface area contributed by atoms with Crippen molar-refractivity contribution in [1.82, 2.24) is 0 Å². The number of hydrogen-bond donors (Lipinski definition) is 1. The molecule has 1 aliphatic rings. The van der Waals surface area contributed by atoms with Crippen molar-refractivity contribution in [1.29, 1.82) is 0 Å². The van der Waals surface area contributed by atoms with E-state index in [1.54, 1.807) is 0 Å². The first kappa shape index (κ1) is 12.1. The summed E-state index contributed by atoms with van der Waals surface area (Å²) in [6.45, 7) is 2.28. The number of benzene rings is 1. The van der Waals surface area contributed by atoms with Gasteiger partial charge in [0.15, 0.2) is 0 Å². The minimum atomic E-state index is -0.121. The van der Waals surface area contributed by atoms with Gasteiger partial charge in [-0.25, -0.2) is 0 Å². The summed E-state index contributed by atoms with van der Waals surface area (Å²) in [6, 6.07) is 6.69. The lowest BCUT2D eigenvalue weighted by atomic mass is 10.0. The zero-order valence-electron chi connectivity index (χ0n) is 10.2. The molecule has 0 aliphatic heterocycles. The van der Waals surface area contributed by atoms with E-state index in [9.17, 15) is 4.79 Å². The molecule has 2 N–H and O–H groups in total. The minimum Gasteiger partial charge on any atom is -0.466 e. The van der Waals surface area contributed by atoms with Crippen LogP contribution in [0.4, 0.5) is 0 Å². The zero-order chi connectivity index (χ0) is 12.3. The van der Waals surface area contributed by atoms with Crippen molar-refractivity contribution >= 4 is 5.97 Å². The molecule has 0 heterocycles. The predicted octanol–water partition coefficient (Wildman–Crippen LogP) is 1.61. The van der Waals surface area contributed by atoms with Crippen LogP contribution in [-0.2, 0) is 28.8 Å². The van der Waals surface area contributed by atoms with Gasteiger partial charge >= 0.3 is 5.97 Å². The largest absolute Gasteiger partial charge is 0.466 e. The van der Waals surface area contributed by atoms with Crippen LogP contribution in [0, 0.1) is 0 Å². The first-order valence-corrected chi connectivity index (χ1v) is 6.21. The monoisotopic (exact) mass is 233 g/mol. The number of carbonyl (C=O) groups excluding carboxylic acids is 1. The van der Waals surface area contributed by atoms with Crippen molar-refractivity contribution in [3.05, 3.63) is 34.9 Å². The number of nitrogens with two attached hydrogens (primary N) is 1. The van der Waals surface area contributed by atoms with E-state index in [0.717, 1.165) is 19.3 Å². The van der Waals surface area contributed by atoms with Crippen LogP contribution in [0.15, 0.2) is 18.2 Å². The third-order valence-electron chi connectivity index (χ3n) is 3.16. The van der Waals surface area contributed by atoms with Gasteiger partial charge in [-0.1, -0.05) is 18.2 Å². The van der Waals surface area contributed by atoms with Crippen LogP contribution in [0.5, 0.6) is 0 Å². The third-order valence-corrected chi connectivity index (χ3v) is 3.16. The second-order valence-corrected chi connectivity index (χ2v) is 4.58. The molecule has 0 saturated carbocycles. The second-order valence-electron chi connectivity index (χ2n) is 4.58. The van der Waals surface area contributed by atoms with Gasteiger partial charge in [0.2, 0.25) is 0 Å². The van der Waals surface area contributed by atoms with Crippen LogP contribution < -0.4 is 5.73 Å². The van der Waals surface area contributed by atoms with Gasteiger partial charge in [-0.2, -0.15) is 0 Å². The number of carbonyl (C=O) groups is 1. The molecule has 1 unspecified atom stereocenters. The van der Waals surface area contributed by atoms with E-state index >= 15 is 0 Å². The Balaban J connectivity index is 1.95. The van der Waals surface area contributed by atoms with E-state index < -0.39 is 0 Å². The number of rotatable bonds is 4. The van der Waals surface area contributed by atoms with Crippen LogP contribution in [0.3, 0.4) is 0 Å². The van der Waals surface area contributed by atoms with E-state index in [1.165, 1.54) is 16.7 Å². The van der Waals surface area contributed by atoms with Crippen molar-refractivity contribution in [2.24, 2.45) is 5.73 Å². The average molecular weight is 233 g/mol. The molecule has 0 aromatic heterocycles. The fourth-order valence-corrected chi connectivity index (χ4v) is 2.34. The molecule has 1 aliphatic carbocycles. The molecule has 0 bridgehead atoms. The Labute approximate surface area is 102 Å². The summed E-state index contributed by atoms with van der Waals surface area (Å²) in [4.78, 5) is 11.3. The van der Waals surface area contributed by atoms with Crippen molar-refractivity contribution in [3.63, 3.8) is 0 Å². The molecule has 0 saturated heterocycles. The van der Waals surface area contributed by atoms with Gasteiger partial charge in [-0.05, 0) is 42.9 Å². The molecular weight excluding hydrogens is 214 g/mol. The lowest BCUT2D eigenvalue weighted by molar-refractivity contribution is -0.143. The lowest BCUT2D eigenvalue weighted by Gasteiger charge is -2.05. The summed E-state index contributed by atoms with van der Waals surface area (Å²) in [5.74, 6) is -0.121. The third kappa shape index (κ3) is 3.07. The lowest BCUT2D eigenvalue weighted by Crippen LogP contribution is -2.18. The highest BCUT2D eigenvalue weighted by atomic mass is 16.5. The molecule has 3 nitrogen and oxygen atoms in total. The topological polar surface area (TPSA) is 52.3 Å². The molecule has 1 aromatic rings. The molecule has 1 atom stereocenters. The Morgan fingerprint density at radius 2 is 2.18 bits per heavy atom. The van der Waals surface area contributed by atoms with E-state index in [4.69, 9.17) is 10.5 Å². The maximum atomic E-state index is 11.3. The number of aryl methyl sites for hydroxylation is 1. The van der Waals surface area contributed by atoms with E-state index in [1.807, 2.05) is 6.92 Å². The quantitative estimate of drug-likeness (QED) is 0.804. The molecule has 17 heavy (non-hydrogen) atoms. The highest BCUT2D eigenvalue weighted by Gasteiger charge is 2.18.